The summed E-state index contributed by atoms with van der Waals surface area (Å²) in [5.41, 5.74) is 0.889. The number of carbonyl (C=O) groups excluding carboxylic acids is 2. The van der Waals surface area contributed by atoms with Gasteiger partial charge in [-0.25, -0.2) is 4.39 Å². The molecule has 3 rings (SSSR count). The van der Waals surface area contributed by atoms with Gasteiger partial charge in [0.2, 0.25) is 11.8 Å². The molecule has 2 aromatic rings. The molecule has 2 aromatic carbocycles. The standard InChI is InChI=1S/C20H21FN2O2/c1-23(14-16-5-3-2-4-6-16)19(25)20(11-12-20)18(24)22-13-15-7-9-17(21)10-8-15/h2-10H,11-14H2,1H3,(H,22,24). The predicted octanol–water partition coefficient (Wildman–Crippen LogP) is 2.88. The summed E-state index contributed by atoms with van der Waals surface area (Å²) < 4.78 is 12.9. The Bertz CT molecular complexity index is 755. The third-order valence-electron chi connectivity index (χ3n) is 4.57. The molecular weight excluding hydrogens is 319 g/mol. The number of amides is 2. The molecule has 1 aliphatic carbocycles. The molecule has 0 radical (unpaired) electrons. The van der Waals surface area contributed by atoms with Gasteiger partial charge >= 0.3 is 0 Å². The molecule has 5 heteroatoms. The zero-order valence-electron chi connectivity index (χ0n) is 14.2. The van der Waals surface area contributed by atoms with Gasteiger partial charge in [-0.3, -0.25) is 9.59 Å². The molecule has 4 nitrogen and oxygen atoms in total. The van der Waals surface area contributed by atoms with Crippen molar-refractivity contribution < 1.29 is 14.0 Å². The van der Waals surface area contributed by atoms with E-state index in [1.807, 2.05) is 30.3 Å². The minimum atomic E-state index is -0.941. The van der Waals surface area contributed by atoms with Crippen LogP contribution in [0.2, 0.25) is 0 Å². The highest BCUT2D eigenvalue weighted by atomic mass is 19.1. The summed E-state index contributed by atoms with van der Waals surface area (Å²) >= 11 is 0. The Morgan fingerprint density at radius 3 is 2.28 bits per heavy atom. The van der Waals surface area contributed by atoms with Gasteiger partial charge in [-0.15, -0.1) is 0 Å². The lowest BCUT2D eigenvalue weighted by Crippen LogP contribution is -2.43. The van der Waals surface area contributed by atoms with Crippen molar-refractivity contribution in [2.24, 2.45) is 5.41 Å². The van der Waals surface area contributed by atoms with Gasteiger partial charge in [0.15, 0.2) is 0 Å². The summed E-state index contributed by atoms with van der Waals surface area (Å²) in [6.07, 6.45) is 1.14. The first-order valence-electron chi connectivity index (χ1n) is 8.33. The first-order chi connectivity index (χ1) is 12.0. The minimum absolute atomic E-state index is 0.145. The topological polar surface area (TPSA) is 49.4 Å². The fourth-order valence-electron chi connectivity index (χ4n) is 2.91. The second-order valence-electron chi connectivity index (χ2n) is 6.54. The molecule has 0 atom stereocenters. The van der Waals surface area contributed by atoms with Crippen molar-refractivity contribution in [1.82, 2.24) is 10.2 Å². The highest BCUT2D eigenvalue weighted by Gasteiger charge is 2.57. The van der Waals surface area contributed by atoms with Crippen LogP contribution in [0.3, 0.4) is 0 Å². The van der Waals surface area contributed by atoms with Crippen LogP contribution >= 0.6 is 0 Å². The molecule has 25 heavy (non-hydrogen) atoms. The first kappa shape index (κ1) is 17.1. The summed E-state index contributed by atoms with van der Waals surface area (Å²) in [6, 6.07) is 15.6. The molecule has 0 aliphatic heterocycles. The van der Waals surface area contributed by atoms with E-state index in [-0.39, 0.29) is 24.2 Å². The van der Waals surface area contributed by atoms with E-state index in [0.717, 1.165) is 11.1 Å². The number of nitrogens with one attached hydrogen (secondary N) is 1. The average molecular weight is 340 g/mol. The number of rotatable bonds is 6. The molecule has 1 saturated carbocycles. The van der Waals surface area contributed by atoms with Crippen LogP contribution in [0.1, 0.15) is 24.0 Å². The van der Waals surface area contributed by atoms with E-state index in [1.165, 1.54) is 12.1 Å². The third-order valence-corrected chi connectivity index (χ3v) is 4.57. The van der Waals surface area contributed by atoms with Gasteiger partial charge in [-0.2, -0.15) is 0 Å². The maximum absolute atomic E-state index is 12.9. The summed E-state index contributed by atoms with van der Waals surface area (Å²) in [4.78, 5) is 26.9. The number of nitrogens with zero attached hydrogens (tertiary/aromatic N) is 1. The number of halogens is 1. The summed E-state index contributed by atoms with van der Waals surface area (Å²) in [7, 11) is 1.72. The SMILES string of the molecule is CN(Cc1ccccc1)C(=O)C1(C(=O)NCc2ccc(F)cc2)CC1. The van der Waals surface area contributed by atoms with E-state index < -0.39 is 5.41 Å². The van der Waals surface area contributed by atoms with Crippen LogP contribution in [0.25, 0.3) is 0 Å². The number of hydrogen-bond acceptors (Lipinski definition) is 2. The second kappa shape index (κ2) is 7.05. The molecule has 0 spiro atoms. The van der Waals surface area contributed by atoms with Crippen molar-refractivity contribution in [1.29, 1.82) is 0 Å². The second-order valence-corrected chi connectivity index (χ2v) is 6.54. The van der Waals surface area contributed by atoms with Crippen molar-refractivity contribution in [2.75, 3.05) is 7.05 Å². The smallest absolute Gasteiger partial charge is 0.238 e. The molecule has 0 saturated heterocycles. The van der Waals surface area contributed by atoms with Gasteiger partial charge in [-0.1, -0.05) is 42.5 Å². The molecule has 1 N–H and O–H groups in total. The van der Waals surface area contributed by atoms with E-state index in [9.17, 15) is 14.0 Å². The van der Waals surface area contributed by atoms with E-state index >= 15 is 0 Å². The number of carbonyl (C=O) groups is 2. The van der Waals surface area contributed by atoms with E-state index in [1.54, 1.807) is 24.1 Å². The monoisotopic (exact) mass is 340 g/mol. The zero-order valence-corrected chi connectivity index (χ0v) is 14.2. The fraction of sp³-hybridized carbons (Fsp3) is 0.300. The van der Waals surface area contributed by atoms with E-state index in [2.05, 4.69) is 5.32 Å². The Labute approximate surface area is 146 Å². The Kier molecular flexibility index (Phi) is 4.83. The van der Waals surface area contributed by atoms with Crippen LogP contribution in [-0.2, 0) is 22.7 Å². The van der Waals surface area contributed by atoms with Crippen LogP contribution < -0.4 is 5.32 Å². The van der Waals surface area contributed by atoms with Crippen molar-refractivity contribution >= 4 is 11.8 Å². The Hall–Kier alpha value is -2.69. The molecule has 1 fully saturated rings. The van der Waals surface area contributed by atoms with Crippen molar-refractivity contribution in [2.45, 2.75) is 25.9 Å². The van der Waals surface area contributed by atoms with Gasteiger partial charge in [0.05, 0.1) is 0 Å². The fourth-order valence-corrected chi connectivity index (χ4v) is 2.91. The van der Waals surface area contributed by atoms with Gasteiger partial charge in [0.25, 0.3) is 0 Å². The van der Waals surface area contributed by atoms with Crippen LogP contribution in [0.5, 0.6) is 0 Å². The molecule has 0 heterocycles. The lowest BCUT2D eigenvalue weighted by Gasteiger charge is -2.23. The first-order valence-corrected chi connectivity index (χ1v) is 8.33. The Morgan fingerprint density at radius 2 is 1.68 bits per heavy atom. The van der Waals surface area contributed by atoms with Crippen molar-refractivity contribution in [3.05, 3.63) is 71.5 Å². The molecule has 0 aromatic heterocycles. The average Bonchev–Trinajstić information content (AvgIpc) is 3.43. The Balaban J connectivity index is 1.59. The maximum Gasteiger partial charge on any atom is 0.238 e. The van der Waals surface area contributed by atoms with Crippen LogP contribution in [-0.4, -0.2) is 23.8 Å². The molecule has 0 unspecified atom stereocenters. The lowest BCUT2D eigenvalue weighted by atomic mass is 10.0. The number of hydrogen-bond donors (Lipinski definition) is 1. The third kappa shape index (κ3) is 3.87. The maximum atomic E-state index is 12.9. The lowest BCUT2D eigenvalue weighted by molar-refractivity contribution is -0.143. The van der Waals surface area contributed by atoms with Crippen molar-refractivity contribution in [3.63, 3.8) is 0 Å². The summed E-state index contributed by atoms with van der Waals surface area (Å²) in [6.45, 7) is 0.767. The van der Waals surface area contributed by atoms with Crippen molar-refractivity contribution in [3.8, 4) is 0 Å². The highest BCUT2D eigenvalue weighted by Crippen LogP contribution is 2.47. The van der Waals surface area contributed by atoms with Gasteiger partial charge < -0.3 is 10.2 Å². The largest absolute Gasteiger partial charge is 0.351 e. The van der Waals surface area contributed by atoms with Gasteiger partial charge in [0, 0.05) is 20.1 Å². The summed E-state index contributed by atoms with van der Waals surface area (Å²) in [5.74, 6) is -0.707. The van der Waals surface area contributed by atoms with Crippen LogP contribution in [0, 0.1) is 11.2 Å². The molecular formula is C20H21FN2O2. The number of benzene rings is 2. The highest BCUT2D eigenvalue weighted by molar-refractivity contribution is 6.07. The Morgan fingerprint density at radius 1 is 1.04 bits per heavy atom. The normalized spacial score (nSPS) is 14.6. The van der Waals surface area contributed by atoms with E-state index in [4.69, 9.17) is 0 Å². The van der Waals surface area contributed by atoms with E-state index in [0.29, 0.717) is 19.4 Å². The van der Waals surface area contributed by atoms with Gasteiger partial charge in [-0.05, 0) is 36.1 Å². The molecule has 1 aliphatic rings. The van der Waals surface area contributed by atoms with Crippen LogP contribution in [0.4, 0.5) is 4.39 Å². The molecule has 2 amide bonds. The molecule has 130 valence electrons. The predicted molar refractivity (Wildman–Crippen MR) is 92.8 cm³/mol. The quantitative estimate of drug-likeness (QED) is 0.822. The molecule has 0 bridgehead atoms. The minimum Gasteiger partial charge on any atom is -0.351 e. The van der Waals surface area contributed by atoms with Crippen LogP contribution in [0.15, 0.2) is 54.6 Å². The van der Waals surface area contributed by atoms with Gasteiger partial charge in [0.1, 0.15) is 11.2 Å². The summed E-state index contributed by atoms with van der Waals surface area (Å²) in [5, 5.41) is 2.81. The zero-order chi connectivity index (χ0) is 17.9.